The quantitative estimate of drug-likeness (QED) is 0.584. The molecule has 1 rings (SSSR count). The first-order valence-electron chi connectivity index (χ1n) is 5.15. The highest BCUT2D eigenvalue weighted by atomic mass is 35.5. The molecule has 0 saturated carbocycles. The topological polar surface area (TPSA) is 84.2 Å². The lowest BCUT2D eigenvalue weighted by molar-refractivity contribution is -0.135. The number of hydrogen-bond donors (Lipinski definition) is 3. The zero-order chi connectivity index (χ0) is 14.6. The third-order valence-electron chi connectivity index (χ3n) is 2.15. The molecule has 0 radical (unpaired) electrons. The molecule has 1 aromatic carbocycles. The second-order valence-electron chi connectivity index (χ2n) is 3.66. The lowest BCUT2D eigenvalue weighted by Crippen LogP contribution is -2.39. The zero-order valence-electron chi connectivity index (χ0n) is 9.92. The molecule has 0 atom stereocenters. The summed E-state index contributed by atoms with van der Waals surface area (Å²) in [4.78, 5) is 23.1. The molecule has 19 heavy (non-hydrogen) atoms. The molecule has 8 heteroatoms. The highest BCUT2D eigenvalue weighted by Crippen LogP contribution is 2.32. The number of aryl methyl sites for hydroxylation is 1. The Hall–Kier alpha value is -1.37. The highest BCUT2D eigenvalue weighted by molar-refractivity contribution is 7.80. The number of halogens is 2. The maximum atomic E-state index is 11.6. The lowest BCUT2D eigenvalue weighted by atomic mass is 10.2. The number of hydrogen-bond acceptors (Lipinski definition) is 3. The molecule has 0 aliphatic rings. The number of nitrogens with one attached hydrogen (secondary N) is 2. The molecule has 0 aliphatic carbocycles. The van der Waals surface area contributed by atoms with Crippen molar-refractivity contribution in [1.82, 2.24) is 5.32 Å². The fraction of sp³-hybridized carbons (Fsp3) is 0.182. The Bertz CT molecular complexity index is 549. The second kappa shape index (κ2) is 6.70. The molecule has 0 aromatic heterocycles. The van der Waals surface area contributed by atoms with Crippen molar-refractivity contribution in [3.63, 3.8) is 0 Å². The van der Waals surface area contributed by atoms with Gasteiger partial charge in [0, 0.05) is 0 Å². The van der Waals surface area contributed by atoms with Gasteiger partial charge in [-0.1, -0.05) is 41.5 Å². The van der Waals surface area contributed by atoms with Crippen LogP contribution in [0.3, 0.4) is 0 Å². The minimum absolute atomic E-state index is 0.0587. The predicted octanol–water partition coefficient (Wildman–Crippen LogP) is 1.64. The van der Waals surface area contributed by atoms with E-state index < -0.39 is 11.8 Å². The number of anilines is 1. The van der Waals surface area contributed by atoms with Crippen molar-refractivity contribution >= 4 is 57.9 Å². The van der Waals surface area contributed by atoms with Crippen LogP contribution in [0, 0.1) is 6.92 Å². The van der Waals surface area contributed by atoms with Crippen molar-refractivity contribution < 1.29 is 9.59 Å². The van der Waals surface area contributed by atoms with Crippen LogP contribution in [0.25, 0.3) is 0 Å². The van der Waals surface area contributed by atoms with Gasteiger partial charge in [0.15, 0.2) is 0 Å². The monoisotopic (exact) mass is 319 g/mol. The molecule has 0 spiro atoms. The SMILES string of the molecule is Cc1ccc(Cl)c(NC(=O)C(=O)NCC(N)=S)c1Cl. The molecule has 0 saturated heterocycles. The number of benzene rings is 1. The van der Waals surface area contributed by atoms with Crippen LogP contribution in [0.5, 0.6) is 0 Å². The maximum absolute atomic E-state index is 11.6. The number of carbonyl (C=O) groups excluding carboxylic acids is 2. The van der Waals surface area contributed by atoms with E-state index in [0.717, 1.165) is 5.56 Å². The van der Waals surface area contributed by atoms with Gasteiger partial charge in [-0.2, -0.15) is 0 Å². The number of thiocarbonyl (C=S) groups is 1. The zero-order valence-corrected chi connectivity index (χ0v) is 12.2. The van der Waals surface area contributed by atoms with E-state index in [-0.39, 0.29) is 27.3 Å². The molecule has 1 aromatic rings. The summed E-state index contributed by atoms with van der Waals surface area (Å²) in [5.41, 5.74) is 6.12. The maximum Gasteiger partial charge on any atom is 0.313 e. The molecular formula is C11H11Cl2N3O2S. The van der Waals surface area contributed by atoms with Gasteiger partial charge in [-0.25, -0.2) is 0 Å². The van der Waals surface area contributed by atoms with Crippen LogP contribution < -0.4 is 16.4 Å². The van der Waals surface area contributed by atoms with E-state index in [1.165, 1.54) is 0 Å². The van der Waals surface area contributed by atoms with Gasteiger partial charge in [-0.15, -0.1) is 0 Å². The molecule has 0 unspecified atom stereocenters. The minimum atomic E-state index is -0.898. The summed E-state index contributed by atoms with van der Waals surface area (Å²) in [5.74, 6) is -1.77. The van der Waals surface area contributed by atoms with Crippen molar-refractivity contribution in [3.05, 3.63) is 27.7 Å². The smallest absolute Gasteiger partial charge is 0.313 e. The van der Waals surface area contributed by atoms with E-state index in [2.05, 4.69) is 22.9 Å². The molecule has 2 amide bonds. The number of nitrogens with two attached hydrogens (primary N) is 1. The first kappa shape index (κ1) is 15.7. The van der Waals surface area contributed by atoms with E-state index in [4.69, 9.17) is 28.9 Å². The fourth-order valence-electron chi connectivity index (χ4n) is 1.19. The highest BCUT2D eigenvalue weighted by Gasteiger charge is 2.17. The number of carbonyl (C=O) groups is 2. The summed E-state index contributed by atoms with van der Waals surface area (Å²) < 4.78 is 0. The van der Waals surface area contributed by atoms with Crippen LogP contribution in [0.1, 0.15) is 5.56 Å². The Morgan fingerprint density at radius 3 is 2.53 bits per heavy atom. The third-order valence-corrected chi connectivity index (χ3v) is 3.10. The number of amides is 2. The molecule has 102 valence electrons. The van der Waals surface area contributed by atoms with Crippen LogP contribution in [0.2, 0.25) is 10.0 Å². The Balaban J connectivity index is 2.80. The second-order valence-corrected chi connectivity index (χ2v) is 4.97. The van der Waals surface area contributed by atoms with Crippen LogP contribution in [-0.4, -0.2) is 23.3 Å². The Labute approximate surface area is 125 Å². The van der Waals surface area contributed by atoms with Gasteiger partial charge in [0.2, 0.25) is 0 Å². The van der Waals surface area contributed by atoms with Crippen LogP contribution >= 0.6 is 35.4 Å². The standard InChI is InChI=1S/C11H11Cl2N3O2S/c1-5-2-3-6(12)9(8(5)13)16-11(18)10(17)15-4-7(14)19/h2-3H,4H2,1H3,(H2,14,19)(H,15,17)(H,16,18). The molecule has 0 bridgehead atoms. The van der Waals surface area contributed by atoms with Gasteiger partial charge in [0.1, 0.15) is 0 Å². The molecule has 0 heterocycles. The Morgan fingerprint density at radius 1 is 1.32 bits per heavy atom. The fourth-order valence-corrected chi connectivity index (χ4v) is 1.73. The molecule has 0 fully saturated rings. The minimum Gasteiger partial charge on any atom is -0.392 e. The van der Waals surface area contributed by atoms with Gasteiger partial charge >= 0.3 is 11.8 Å². The van der Waals surface area contributed by atoms with Crippen molar-refractivity contribution in [2.24, 2.45) is 5.73 Å². The third kappa shape index (κ3) is 4.34. The van der Waals surface area contributed by atoms with Gasteiger partial charge in [-0.05, 0) is 18.6 Å². The summed E-state index contributed by atoms with van der Waals surface area (Å²) in [5, 5.41) is 5.12. The molecule has 4 N–H and O–H groups in total. The average Bonchev–Trinajstić information content (AvgIpc) is 2.36. The first-order valence-corrected chi connectivity index (χ1v) is 6.31. The van der Waals surface area contributed by atoms with Crippen molar-refractivity contribution in [2.75, 3.05) is 11.9 Å². The number of rotatable bonds is 3. The largest absolute Gasteiger partial charge is 0.392 e. The van der Waals surface area contributed by atoms with E-state index in [0.29, 0.717) is 0 Å². The molecular weight excluding hydrogens is 309 g/mol. The first-order chi connectivity index (χ1) is 8.82. The molecule has 0 aliphatic heterocycles. The van der Waals surface area contributed by atoms with E-state index in [1.807, 2.05) is 0 Å². The van der Waals surface area contributed by atoms with Gasteiger partial charge in [-0.3, -0.25) is 9.59 Å². The van der Waals surface area contributed by atoms with E-state index in [9.17, 15) is 9.59 Å². The summed E-state index contributed by atoms with van der Waals surface area (Å²) in [6, 6.07) is 3.28. The van der Waals surface area contributed by atoms with Crippen molar-refractivity contribution in [2.45, 2.75) is 6.92 Å². The normalized spacial score (nSPS) is 9.84. The Morgan fingerprint density at radius 2 is 1.95 bits per heavy atom. The van der Waals surface area contributed by atoms with Gasteiger partial charge < -0.3 is 16.4 Å². The van der Waals surface area contributed by atoms with Crippen LogP contribution in [-0.2, 0) is 9.59 Å². The summed E-state index contributed by atoms with van der Waals surface area (Å²) in [7, 11) is 0. The van der Waals surface area contributed by atoms with Crippen LogP contribution in [0.4, 0.5) is 5.69 Å². The van der Waals surface area contributed by atoms with E-state index in [1.54, 1.807) is 19.1 Å². The molecule has 5 nitrogen and oxygen atoms in total. The Kier molecular flexibility index (Phi) is 5.53. The van der Waals surface area contributed by atoms with Crippen molar-refractivity contribution in [1.29, 1.82) is 0 Å². The van der Waals surface area contributed by atoms with Crippen molar-refractivity contribution in [3.8, 4) is 0 Å². The predicted molar refractivity (Wildman–Crippen MR) is 79.6 cm³/mol. The van der Waals surface area contributed by atoms with E-state index >= 15 is 0 Å². The van der Waals surface area contributed by atoms with Gasteiger partial charge in [0.25, 0.3) is 0 Å². The summed E-state index contributed by atoms with van der Waals surface area (Å²) in [6.07, 6.45) is 0. The lowest BCUT2D eigenvalue weighted by Gasteiger charge is -2.10. The average molecular weight is 320 g/mol. The summed E-state index contributed by atoms with van der Waals surface area (Å²) in [6.45, 7) is 1.69. The van der Waals surface area contributed by atoms with Crippen LogP contribution in [0.15, 0.2) is 12.1 Å². The van der Waals surface area contributed by atoms with Gasteiger partial charge in [0.05, 0.1) is 27.3 Å². The summed E-state index contributed by atoms with van der Waals surface area (Å²) >= 11 is 16.5.